The van der Waals surface area contributed by atoms with Crippen LogP contribution in [0.5, 0.6) is 0 Å². The number of ether oxygens (including phenoxy) is 5. The van der Waals surface area contributed by atoms with E-state index < -0.39 is 67.3 Å². The number of carbonyl (C=O) groups excluding carboxylic acids is 3. The van der Waals surface area contributed by atoms with Gasteiger partial charge in [0.25, 0.3) is 0 Å². The van der Waals surface area contributed by atoms with Crippen LogP contribution in [0.2, 0.25) is 0 Å². The standard InChI is InChI=1S/C65H104O12/c1-4-7-10-13-16-19-22-25-27-29-31-34-36-39-42-45-48-51-57(66)73-54-56(75-58(67)52-49-46-43-40-37-33-24-21-18-15-12-9-6-3)55-74-65-63(61(70)60(69)62(77-65)64(71)72)76-59(68)53-50-47-44-41-38-35-32-30-28-26-23-20-17-14-11-8-5-2/h8,11-12,15-17,19-21,24-28,32,35,41,44,56,60-63,65,69-70H,4-7,9-10,13-14,18,22-23,29-31,33-34,36-40,42-43,45-55H2,1-3H3,(H,71,72)/b11-8-,15-12-,19-16-,20-17-,24-21-,27-25-,28-26-,35-32-,44-41-. The van der Waals surface area contributed by atoms with E-state index >= 15 is 0 Å². The van der Waals surface area contributed by atoms with Gasteiger partial charge in [0.15, 0.2) is 24.6 Å². The fourth-order valence-electron chi connectivity index (χ4n) is 8.23. The van der Waals surface area contributed by atoms with Crippen molar-refractivity contribution in [2.45, 2.75) is 263 Å². The van der Waals surface area contributed by atoms with Gasteiger partial charge in [-0.1, -0.05) is 201 Å². The fourth-order valence-corrected chi connectivity index (χ4v) is 8.23. The van der Waals surface area contributed by atoms with Crippen molar-refractivity contribution < 1.29 is 58.2 Å². The van der Waals surface area contributed by atoms with E-state index in [0.29, 0.717) is 25.7 Å². The van der Waals surface area contributed by atoms with E-state index in [-0.39, 0.29) is 25.9 Å². The van der Waals surface area contributed by atoms with E-state index in [1.54, 1.807) is 0 Å². The molecule has 0 aromatic carbocycles. The van der Waals surface area contributed by atoms with Crippen molar-refractivity contribution in [1.29, 1.82) is 0 Å². The molecule has 6 atom stereocenters. The fraction of sp³-hybridized carbons (Fsp3) is 0.662. The van der Waals surface area contributed by atoms with Gasteiger partial charge in [-0.15, -0.1) is 0 Å². The Labute approximate surface area is 465 Å². The number of hydrogen-bond acceptors (Lipinski definition) is 11. The molecule has 1 heterocycles. The van der Waals surface area contributed by atoms with Crippen LogP contribution in [0.3, 0.4) is 0 Å². The zero-order valence-corrected chi connectivity index (χ0v) is 47.9. The molecule has 0 aromatic rings. The number of hydrogen-bond donors (Lipinski definition) is 3. The largest absolute Gasteiger partial charge is 0.479 e. The minimum atomic E-state index is -1.93. The van der Waals surface area contributed by atoms with Crippen LogP contribution < -0.4 is 0 Å². The number of aliphatic hydroxyl groups excluding tert-OH is 2. The number of esters is 3. The third kappa shape index (κ3) is 42.1. The highest BCUT2D eigenvalue weighted by molar-refractivity contribution is 5.74. The van der Waals surface area contributed by atoms with Crippen molar-refractivity contribution in [2.24, 2.45) is 0 Å². The molecule has 6 unspecified atom stereocenters. The summed E-state index contributed by atoms with van der Waals surface area (Å²) in [6.45, 7) is 5.74. The molecule has 1 rings (SSSR count). The minimum absolute atomic E-state index is 0.0253. The van der Waals surface area contributed by atoms with E-state index in [1.165, 1.54) is 38.5 Å². The first kappa shape index (κ1) is 70.4. The SMILES string of the molecule is CC/C=C\C/C=C\C/C=C\C/C=C\C/C=C\CCCC(=O)OC1C(OCC(COC(=O)CCCCCCCCC/C=C\C/C=C\CCCCC)OC(=O)CCCCCCC/C=C\C/C=C\CCC)OC(C(=O)O)C(O)C1O. The lowest BCUT2D eigenvalue weighted by Crippen LogP contribution is -2.61. The Morgan fingerprint density at radius 2 is 0.857 bits per heavy atom. The smallest absolute Gasteiger partial charge is 0.335 e. The summed E-state index contributed by atoms with van der Waals surface area (Å²) in [5.41, 5.74) is 0. The van der Waals surface area contributed by atoms with Gasteiger partial charge in [0, 0.05) is 19.3 Å². The van der Waals surface area contributed by atoms with Gasteiger partial charge in [-0.25, -0.2) is 4.79 Å². The number of carbonyl (C=O) groups is 4. The Kier molecular flexibility index (Phi) is 47.6. The molecule has 1 aliphatic heterocycles. The van der Waals surface area contributed by atoms with Crippen molar-refractivity contribution in [3.63, 3.8) is 0 Å². The van der Waals surface area contributed by atoms with Gasteiger partial charge in [0.05, 0.1) is 6.61 Å². The summed E-state index contributed by atoms with van der Waals surface area (Å²) in [6, 6.07) is 0. The van der Waals surface area contributed by atoms with Gasteiger partial charge in [0.1, 0.15) is 18.8 Å². The second kappa shape index (κ2) is 52.1. The van der Waals surface area contributed by atoms with Crippen molar-refractivity contribution >= 4 is 23.9 Å². The van der Waals surface area contributed by atoms with Crippen LogP contribution in [0.15, 0.2) is 109 Å². The number of allylic oxidation sites excluding steroid dienone is 18. The highest BCUT2D eigenvalue weighted by Crippen LogP contribution is 2.26. The zero-order valence-electron chi connectivity index (χ0n) is 47.9. The lowest BCUT2D eigenvalue weighted by atomic mass is 9.98. The van der Waals surface area contributed by atoms with E-state index in [0.717, 1.165) is 122 Å². The number of carboxylic acids is 1. The van der Waals surface area contributed by atoms with Gasteiger partial charge in [-0.2, -0.15) is 0 Å². The van der Waals surface area contributed by atoms with Gasteiger partial charge in [-0.3, -0.25) is 14.4 Å². The van der Waals surface area contributed by atoms with E-state index in [4.69, 9.17) is 23.7 Å². The van der Waals surface area contributed by atoms with Crippen molar-refractivity contribution in [3.8, 4) is 0 Å². The molecule has 0 aliphatic carbocycles. The Morgan fingerprint density at radius 3 is 1.34 bits per heavy atom. The van der Waals surface area contributed by atoms with Gasteiger partial charge in [0.2, 0.25) is 0 Å². The Hall–Kier alpha value is -4.62. The molecule has 3 N–H and O–H groups in total. The summed E-state index contributed by atoms with van der Waals surface area (Å²) < 4.78 is 28.3. The number of carboxylic acid groups (broad SMARTS) is 1. The average Bonchev–Trinajstić information content (AvgIpc) is 3.42. The minimum Gasteiger partial charge on any atom is -0.479 e. The van der Waals surface area contributed by atoms with Gasteiger partial charge >= 0.3 is 23.9 Å². The molecule has 12 nitrogen and oxygen atoms in total. The van der Waals surface area contributed by atoms with Crippen LogP contribution in [0, 0.1) is 0 Å². The Morgan fingerprint density at radius 1 is 0.442 bits per heavy atom. The second-order valence-electron chi connectivity index (χ2n) is 19.9. The molecule has 77 heavy (non-hydrogen) atoms. The van der Waals surface area contributed by atoms with Crippen LogP contribution in [0.1, 0.15) is 226 Å². The summed E-state index contributed by atoms with van der Waals surface area (Å²) in [4.78, 5) is 51.1. The lowest BCUT2D eigenvalue weighted by Gasteiger charge is -2.40. The first-order valence-corrected chi connectivity index (χ1v) is 29.9. The lowest BCUT2D eigenvalue weighted by molar-refractivity contribution is -0.301. The summed E-state index contributed by atoms with van der Waals surface area (Å²) in [5, 5.41) is 31.5. The van der Waals surface area contributed by atoms with E-state index in [1.807, 2.05) is 12.2 Å². The summed E-state index contributed by atoms with van der Waals surface area (Å²) >= 11 is 0. The first-order valence-electron chi connectivity index (χ1n) is 29.9. The van der Waals surface area contributed by atoms with E-state index in [2.05, 4.69) is 118 Å². The van der Waals surface area contributed by atoms with Crippen LogP contribution in [0.4, 0.5) is 0 Å². The summed E-state index contributed by atoms with van der Waals surface area (Å²) in [6.07, 6.45) is 57.7. The zero-order chi connectivity index (χ0) is 56.1. The third-order valence-electron chi connectivity index (χ3n) is 12.8. The molecule has 0 aromatic heterocycles. The molecule has 0 radical (unpaired) electrons. The van der Waals surface area contributed by atoms with Crippen molar-refractivity contribution in [1.82, 2.24) is 0 Å². The Bertz CT molecular complexity index is 1750. The van der Waals surface area contributed by atoms with Crippen LogP contribution in [-0.4, -0.2) is 89.2 Å². The topological polar surface area (TPSA) is 175 Å². The molecular formula is C65H104O12. The number of rotatable bonds is 49. The first-order chi connectivity index (χ1) is 37.6. The number of aliphatic hydroxyl groups is 2. The van der Waals surface area contributed by atoms with Crippen molar-refractivity contribution in [2.75, 3.05) is 13.2 Å². The highest BCUT2D eigenvalue weighted by Gasteiger charge is 2.50. The Balaban J connectivity index is 2.73. The third-order valence-corrected chi connectivity index (χ3v) is 12.8. The maximum atomic E-state index is 13.1. The van der Waals surface area contributed by atoms with Crippen molar-refractivity contribution in [3.05, 3.63) is 109 Å². The molecule has 12 heteroatoms. The summed E-state index contributed by atoms with van der Waals surface area (Å²) in [5.74, 6) is -3.24. The molecule has 1 saturated heterocycles. The molecule has 0 saturated carbocycles. The molecule has 0 bridgehead atoms. The molecule has 0 spiro atoms. The maximum Gasteiger partial charge on any atom is 0.335 e. The van der Waals surface area contributed by atoms with Crippen LogP contribution in [-0.2, 0) is 42.9 Å². The van der Waals surface area contributed by atoms with Gasteiger partial charge < -0.3 is 39.0 Å². The number of unbranched alkanes of at least 4 members (excludes halogenated alkanes) is 17. The van der Waals surface area contributed by atoms with Crippen LogP contribution in [0.25, 0.3) is 0 Å². The maximum absolute atomic E-state index is 13.1. The van der Waals surface area contributed by atoms with Gasteiger partial charge in [-0.05, 0) is 116 Å². The molecular weight excluding hydrogens is 973 g/mol. The molecule has 436 valence electrons. The summed E-state index contributed by atoms with van der Waals surface area (Å²) in [7, 11) is 0. The quantitative estimate of drug-likeness (QED) is 0.0228. The average molecular weight is 1080 g/mol. The molecule has 1 aliphatic rings. The number of aliphatic carboxylic acids is 1. The molecule has 1 fully saturated rings. The normalized spacial score (nSPS) is 18.8. The van der Waals surface area contributed by atoms with E-state index in [9.17, 15) is 34.5 Å². The monoisotopic (exact) mass is 1080 g/mol. The molecule has 0 amide bonds. The predicted molar refractivity (Wildman–Crippen MR) is 312 cm³/mol. The highest BCUT2D eigenvalue weighted by atomic mass is 16.7. The second-order valence-corrected chi connectivity index (χ2v) is 19.9. The van der Waals surface area contributed by atoms with Crippen LogP contribution >= 0.6 is 0 Å². The predicted octanol–water partition coefficient (Wildman–Crippen LogP) is 15.4.